The molecule has 0 spiro atoms. The molecule has 0 aliphatic rings. The predicted molar refractivity (Wildman–Crippen MR) is 109 cm³/mol. The molecule has 1 aromatic carbocycles. The number of rotatable bonds is 6. The molecule has 2 amide bonds. The average Bonchev–Trinajstić information content (AvgIpc) is 3.05. The van der Waals surface area contributed by atoms with Crippen LogP contribution in [0, 0.1) is 0 Å². The molecule has 0 saturated carbocycles. The maximum Gasteiger partial charge on any atom is 0.287 e. The van der Waals surface area contributed by atoms with Crippen LogP contribution < -0.4 is 5.32 Å². The smallest absolute Gasteiger partial charge is 0.287 e. The van der Waals surface area contributed by atoms with Crippen molar-refractivity contribution in [2.75, 3.05) is 0 Å². The second kappa shape index (κ2) is 8.25. The van der Waals surface area contributed by atoms with Crippen LogP contribution in [0.15, 0.2) is 54.7 Å². The fourth-order valence-corrected chi connectivity index (χ4v) is 3.09. The highest BCUT2D eigenvalue weighted by Gasteiger charge is 2.26. The van der Waals surface area contributed by atoms with Crippen LogP contribution in [0.3, 0.4) is 0 Å². The molecule has 0 atom stereocenters. The van der Waals surface area contributed by atoms with Crippen molar-refractivity contribution in [3.63, 3.8) is 0 Å². The van der Waals surface area contributed by atoms with Gasteiger partial charge in [-0.2, -0.15) is 0 Å². The minimum Gasteiger partial charge on any atom is -0.347 e. The number of pyridine rings is 1. The predicted octanol–water partition coefficient (Wildman–Crippen LogP) is 3.52. The van der Waals surface area contributed by atoms with E-state index in [4.69, 9.17) is 0 Å². The molecule has 0 aliphatic heterocycles. The van der Waals surface area contributed by atoms with E-state index in [2.05, 4.69) is 10.3 Å². The minimum atomic E-state index is -0.297. The SMILES string of the molecule is CC(C)NC(=O)c1nc(C(=O)N(Cc2ccccc2)C(C)C)c2ccccn12. The fraction of sp³-hybridized carbons (Fsp3) is 0.318. The summed E-state index contributed by atoms with van der Waals surface area (Å²) in [5, 5.41) is 2.85. The van der Waals surface area contributed by atoms with E-state index in [9.17, 15) is 9.59 Å². The largest absolute Gasteiger partial charge is 0.347 e. The quantitative estimate of drug-likeness (QED) is 0.714. The third-order valence-electron chi connectivity index (χ3n) is 4.45. The van der Waals surface area contributed by atoms with E-state index in [1.165, 1.54) is 0 Å². The number of imidazole rings is 1. The second-order valence-corrected chi connectivity index (χ2v) is 7.38. The normalized spacial score (nSPS) is 11.2. The van der Waals surface area contributed by atoms with Gasteiger partial charge >= 0.3 is 0 Å². The summed E-state index contributed by atoms with van der Waals surface area (Å²) in [4.78, 5) is 32.2. The summed E-state index contributed by atoms with van der Waals surface area (Å²) < 4.78 is 1.67. The lowest BCUT2D eigenvalue weighted by Crippen LogP contribution is -2.37. The molecule has 0 bridgehead atoms. The van der Waals surface area contributed by atoms with Gasteiger partial charge in [0.2, 0.25) is 5.82 Å². The summed E-state index contributed by atoms with van der Waals surface area (Å²) in [5.74, 6) is -0.267. The molecule has 2 heterocycles. The van der Waals surface area contributed by atoms with Crippen LogP contribution in [0.25, 0.3) is 5.52 Å². The van der Waals surface area contributed by atoms with Gasteiger partial charge in [0.25, 0.3) is 11.8 Å². The molecule has 6 nitrogen and oxygen atoms in total. The van der Waals surface area contributed by atoms with Crippen molar-refractivity contribution < 1.29 is 9.59 Å². The van der Waals surface area contributed by atoms with Gasteiger partial charge in [-0.1, -0.05) is 36.4 Å². The maximum absolute atomic E-state index is 13.4. The van der Waals surface area contributed by atoms with Crippen molar-refractivity contribution in [2.24, 2.45) is 0 Å². The fourth-order valence-electron chi connectivity index (χ4n) is 3.09. The highest BCUT2D eigenvalue weighted by molar-refractivity contribution is 6.02. The number of fused-ring (bicyclic) bond motifs is 1. The highest BCUT2D eigenvalue weighted by Crippen LogP contribution is 2.19. The maximum atomic E-state index is 13.4. The topological polar surface area (TPSA) is 66.7 Å². The van der Waals surface area contributed by atoms with Gasteiger partial charge in [-0.25, -0.2) is 4.98 Å². The first-order valence-corrected chi connectivity index (χ1v) is 9.51. The lowest BCUT2D eigenvalue weighted by molar-refractivity contribution is 0.0687. The van der Waals surface area contributed by atoms with E-state index in [1.807, 2.05) is 76.2 Å². The van der Waals surface area contributed by atoms with Gasteiger partial charge in [-0.3, -0.25) is 14.0 Å². The second-order valence-electron chi connectivity index (χ2n) is 7.38. The third-order valence-corrected chi connectivity index (χ3v) is 4.45. The number of nitrogens with zero attached hydrogens (tertiary/aromatic N) is 3. The van der Waals surface area contributed by atoms with Crippen LogP contribution in [-0.2, 0) is 6.54 Å². The van der Waals surface area contributed by atoms with Crippen molar-refractivity contribution in [3.05, 3.63) is 71.8 Å². The molecule has 3 aromatic rings. The Labute approximate surface area is 165 Å². The van der Waals surface area contributed by atoms with Gasteiger partial charge in [0.15, 0.2) is 5.69 Å². The molecule has 28 heavy (non-hydrogen) atoms. The number of amides is 2. The van der Waals surface area contributed by atoms with E-state index in [1.54, 1.807) is 15.5 Å². The number of aromatic nitrogens is 2. The Morgan fingerprint density at radius 1 is 1.04 bits per heavy atom. The molecule has 0 radical (unpaired) electrons. The molecular weight excluding hydrogens is 352 g/mol. The van der Waals surface area contributed by atoms with E-state index in [-0.39, 0.29) is 29.7 Å². The Morgan fingerprint density at radius 3 is 2.36 bits per heavy atom. The van der Waals surface area contributed by atoms with Crippen molar-refractivity contribution >= 4 is 17.3 Å². The Balaban J connectivity index is 2.01. The Morgan fingerprint density at radius 2 is 1.71 bits per heavy atom. The van der Waals surface area contributed by atoms with Gasteiger partial charge in [0.05, 0.1) is 5.52 Å². The number of carbonyl (C=O) groups is 2. The highest BCUT2D eigenvalue weighted by atomic mass is 16.2. The van der Waals surface area contributed by atoms with E-state index in [0.717, 1.165) is 5.56 Å². The van der Waals surface area contributed by atoms with E-state index >= 15 is 0 Å². The van der Waals surface area contributed by atoms with Crippen LogP contribution in [0.2, 0.25) is 0 Å². The van der Waals surface area contributed by atoms with Crippen molar-refractivity contribution in [2.45, 2.75) is 46.3 Å². The van der Waals surface area contributed by atoms with Gasteiger partial charge in [0.1, 0.15) is 0 Å². The Hall–Kier alpha value is -3.15. The zero-order chi connectivity index (χ0) is 20.3. The standard InChI is InChI=1S/C22H26N4O2/c1-15(2)23-21(27)20-24-19(18-12-8-9-13-25(18)20)22(28)26(16(3)4)14-17-10-6-5-7-11-17/h5-13,15-16H,14H2,1-4H3,(H,23,27). The molecule has 6 heteroatoms. The molecule has 0 aliphatic carbocycles. The lowest BCUT2D eigenvalue weighted by Gasteiger charge is -2.26. The number of nitrogens with one attached hydrogen (secondary N) is 1. The monoisotopic (exact) mass is 378 g/mol. The minimum absolute atomic E-state index is 0.0129. The molecule has 146 valence electrons. The number of hydrogen-bond acceptors (Lipinski definition) is 3. The van der Waals surface area contributed by atoms with Gasteiger partial charge in [-0.15, -0.1) is 0 Å². The summed E-state index contributed by atoms with van der Waals surface area (Å²) in [7, 11) is 0. The number of hydrogen-bond donors (Lipinski definition) is 1. The number of benzene rings is 1. The van der Waals surface area contributed by atoms with Crippen molar-refractivity contribution in [3.8, 4) is 0 Å². The summed E-state index contributed by atoms with van der Waals surface area (Å²) in [6.45, 7) is 8.22. The summed E-state index contributed by atoms with van der Waals surface area (Å²) in [6, 6.07) is 15.3. The molecule has 0 saturated heterocycles. The first-order valence-electron chi connectivity index (χ1n) is 9.51. The molecule has 0 fully saturated rings. The molecule has 3 rings (SSSR count). The summed E-state index contributed by atoms with van der Waals surface area (Å²) in [5.41, 5.74) is 1.96. The van der Waals surface area contributed by atoms with Crippen LogP contribution in [0.4, 0.5) is 0 Å². The Kier molecular flexibility index (Phi) is 5.78. The zero-order valence-corrected chi connectivity index (χ0v) is 16.7. The van der Waals surface area contributed by atoms with Gasteiger partial charge in [0, 0.05) is 24.8 Å². The van der Waals surface area contributed by atoms with Gasteiger partial charge < -0.3 is 10.2 Å². The van der Waals surface area contributed by atoms with Crippen LogP contribution in [0.5, 0.6) is 0 Å². The van der Waals surface area contributed by atoms with Crippen LogP contribution >= 0.6 is 0 Å². The molecule has 1 N–H and O–H groups in total. The van der Waals surface area contributed by atoms with Crippen molar-refractivity contribution in [1.82, 2.24) is 19.6 Å². The summed E-state index contributed by atoms with van der Waals surface area (Å²) in [6.07, 6.45) is 1.76. The van der Waals surface area contributed by atoms with E-state index < -0.39 is 0 Å². The van der Waals surface area contributed by atoms with Crippen LogP contribution in [-0.4, -0.2) is 38.2 Å². The van der Waals surface area contributed by atoms with E-state index in [0.29, 0.717) is 17.8 Å². The average molecular weight is 378 g/mol. The van der Waals surface area contributed by atoms with Crippen LogP contribution in [0.1, 0.15) is 54.4 Å². The van der Waals surface area contributed by atoms with Crippen molar-refractivity contribution in [1.29, 1.82) is 0 Å². The Bertz CT molecular complexity index is 977. The molecule has 0 unspecified atom stereocenters. The molecule has 2 aromatic heterocycles. The first-order chi connectivity index (χ1) is 13.4. The number of carbonyl (C=O) groups excluding carboxylic acids is 2. The van der Waals surface area contributed by atoms with Gasteiger partial charge in [-0.05, 0) is 45.4 Å². The lowest BCUT2D eigenvalue weighted by atomic mass is 10.1. The third kappa shape index (κ3) is 4.06. The summed E-state index contributed by atoms with van der Waals surface area (Å²) >= 11 is 0. The molecular formula is C22H26N4O2. The first kappa shape index (κ1) is 19.6. The zero-order valence-electron chi connectivity index (χ0n) is 16.7.